The van der Waals surface area contributed by atoms with Crippen molar-refractivity contribution in [3.63, 3.8) is 0 Å². The molecule has 3 rings (SSSR count). The van der Waals surface area contributed by atoms with Crippen molar-refractivity contribution in [2.24, 2.45) is 10.9 Å². The van der Waals surface area contributed by atoms with Crippen molar-refractivity contribution in [1.29, 1.82) is 0 Å². The molecule has 2 unspecified atom stereocenters. The molecule has 114 valence electrons. The Morgan fingerprint density at radius 2 is 2.10 bits per heavy atom. The Kier molecular flexibility index (Phi) is 4.41. The Morgan fingerprint density at radius 1 is 1.29 bits per heavy atom. The summed E-state index contributed by atoms with van der Waals surface area (Å²) in [5, 5.41) is 12.3. The van der Waals surface area contributed by atoms with E-state index in [1.165, 1.54) is 19.4 Å². The van der Waals surface area contributed by atoms with Crippen LogP contribution in [0.25, 0.3) is 0 Å². The number of fused-ring (bicyclic) bond motifs is 1. The van der Waals surface area contributed by atoms with Gasteiger partial charge in [-0.05, 0) is 24.9 Å². The lowest BCUT2D eigenvalue weighted by Crippen LogP contribution is -2.51. The normalized spacial score (nSPS) is 25.7. The Labute approximate surface area is 126 Å². The molecule has 2 atom stereocenters. The highest BCUT2D eigenvalue weighted by molar-refractivity contribution is 5.87. The van der Waals surface area contributed by atoms with Gasteiger partial charge in [0.05, 0.1) is 5.92 Å². The summed E-state index contributed by atoms with van der Waals surface area (Å²) in [6.45, 7) is 5.38. The maximum atomic E-state index is 9.08. The van der Waals surface area contributed by atoms with Gasteiger partial charge in [-0.1, -0.05) is 35.5 Å². The molecule has 5 nitrogen and oxygen atoms in total. The molecule has 0 aromatic heterocycles. The molecular weight excluding hydrogens is 264 g/mol. The van der Waals surface area contributed by atoms with E-state index in [4.69, 9.17) is 10.9 Å². The highest BCUT2D eigenvalue weighted by Gasteiger charge is 2.32. The van der Waals surface area contributed by atoms with Gasteiger partial charge in [-0.3, -0.25) is 9.80 Å². The van der Waals surface area contributed by atoms with E-state index < -0.39 is 0 Å². The molecule has 2 fully saturated rings. The van der Waals surface area contributed by atoms with Crippen LogP contribution in [0, 0.1) is 0 Å². The monoisotopic (exact) mass is 288 g/mol. The van der Waals surface area contributed by atoms with Gasteiger partial charge in [0.1, 0.15) is 5.84 Å². The third-order valence-electron chi connectivity index (χ3n) is 4.79. The molecule has 1 aromatic carbocycles. The zero-order chi connectivity index (χ0) is 14.7. The van der Waals surface area contributed by atoms with Crippen LogP contribution < -0.4 is 5.73 Å². The van der Waals surface area contributed by atoms with Gasteiger partial charge in [0, 0.05) is 32.2 Å². The summed E-state index contributed by atoms with van der Waals surface area (Å²) in [5.41, 5.74) is 7.05. The number of rotatable bonds is 4. The molecule has 0 bridgehead atoms. The van der Waals surface area contributed by atoms with Gasteiger partial charge in [0.15, 0.2) is 0 Å². The maximum Gasteiger partial charge on any atom is 0.147 e. The zero-order valence-electron chi connectivity index (χ0n) is 12.4. The van der Waals surface area contributed by atoms with Crippen molar-refractivity contribution in [3.8, 4) is 0 Å². The molecule has 2 aliphatic rings. The molecule has 0 radical (unpaired) electrons. The van der Waals surface area contributed by atoms with Crippen molar-refractivity contribution in [3.05, 3.63) is 35.9 Å². The first-order chi connectivity index (χ1) is 10.3. The van der Waals surface area contributed by atoms with Crippen LogP contribution in [0.1, 0.15) is 24.3 Å². The van der Waals surface area contributed by atoms with E-state index in [9.17, 15) is 0 Å². The summed E-state index contributed by atoms with van der Waals surface area (Å²) in [4.78, 5) is 5.06. The largest absolute Gasteiger partial charge is 0.409 e. The molecule has 0 amide bonds. The van der Waals surface area contributed by atoms with Crippen LogP contribution in [-0.4, -0.2) is 59.6 Å². The number of hydrogen-bond acceptors (Lipinski definition) is 4. The summed E-state index contributed by atoms with van der Waals surface area (Å²) < 4.78 is 0. The molecule has 21 heavy (non-hydrogen) atoms. The lowest BCUT2D eigenvalue weighted by Gasteiger charge is -2.38. The summed E-state index contributed by atoms with van der Waals surface area (Å²) in [6.07, 6.45) is 2.62. The van der Waals surface area contributed by atoms with Crippen molar-refractivity contribution in [2.75, 3.05) is 32.7 Å². The summed E-state index contributed by atoms with van der Waals surface area (Å²) in [7, 11) is 0. The average Bonchev–Trinajstić information content (AvgIpc) is 3.00. The van der Waals surface area contributed by atoms with Crippen molar-refractivity contribution < 1.29 is 5.21 Å². The van der Waals surface area contributed by atoms with Crippen molar-refractivity contribution >= 4 is 5.84 Å². The summed E-state index contributed by atoms with van der Waals surface area (Å²) in [5.74, 6) is 0.263. The Bertz CT molecular complexity index is 490. The number of nitrogens with two attached hydrogens (primary N) is 1. The highest BCUT2D eigenvalue weighted by Crippen LogP contribution is 2.24. The van der Waals surface area contributed by atoms with Crippen LogP contribution in [-0.2, 0) is 0 Å². The molecular formula is C16H24N4O. The SMILES string of the molecule is N/C(=N/O)C(CN1CCN2CCCC2C1)c1ccccc1. The topological polar surface area (TPSA) is 65.1 Å². The predicted octanol–water partition coefficient (Wildman–Crippen LogP) is 1.30. The fourth-order valence-corrected chi connectivity index (χ4v) is 3.60. The van der Waals surface area contributed by atoms with E-state index in [2.05, 4.69) is 27.1 Å². The van der Waals surface area contributed by atoms with Crippen LogP contribution in [0.15, 0.2) is 35.5 Å². The molecule has 2 saturated heterocycles. The lowest BCUT2D eigenvalue weighted by molar-refractivity contribution is 0.103. The van der Waals surface area contributed by atoms with Gasteiger partial charge in [-0.25, -0.2) is 0 Å². The van der Waals surface area contributed by atoms with Crippen molar-refractivity contribution in [2.45, 2.75) is 24.8 Å². The van der Waals surface area contributed by atoms with Gasteiger partial charge < -0.3 is 10.9 Å². The highest BCUT2D eigenvalue weighted by atomic mass is 16.4. The van der Waals surface area contributed by atoms with Gasteiger partial charge in [-0.15, -0.1) is 0 Å². The van der Waals surface area contributed by atoms with Gasteiger partial charge in [0.2, 0.25) is 0 Å². The fraction of sp³-hybridized carbons (Fsp3) is 0.562. The number of oxime groups is 1. The first-order valence-corrected chi connectivity index (χ1v) is 7.76. The third kappa shape index (κ3) is 3.19. The lowest BCUT2D eigenvalue weighted by atomic mass is 9.96. The quantitative estimate of drug-likeness (QED) is 0.379. The van der Waals surface area contributed by atoms with Crippen LogP contribution >= 0.6 is 0 Å². The molecule has 0 aliphatic carbocycles. The van der Waals surface area contributed by atoms with Crippen LogP contribution in [0.2, 0.25) is 0 Å². The first-order valence-electron chi connectivity index (χ1n) is 7.76. The minimum Gasteiger partial charge on any atom is -0.409 e. The van der Waals surface area contributed by atoms with Crippen LogP contribution in [0.3, 0.4) is 0 Å². The fourth-order valence-electron chi connectivity index (χ4n) is 3.60. The number of nitrogens with zero attached hydrogens (tertiary/aromatic N) is 3. The maximum absolute atomic E-state index is 9.08. The van der Waals surface area contributed by atoms with Crippen LogP contribution in [0.5, 0.6) is 0 Å². The second-order valence-corrected chi connectivity index (χ2v) is 6.08. The molecule has 2 heterocycles. The Hall–Kier alpha value is -1.59. The van der Waals surface area contributed by atoms with Gasteiger partial charge in [-0.2, -0.15) is 0 Å². The predicted molar refractivity (Wildman–Crippen MR) is 83.6 cm³/mol. The molecule has 2 aliphatic heterocycles. The molecule has 1 aromatic rings. The van der Waals surface area contributed by atoms with Gasteiger partial charge >= 0.3 is 0 Å². The minimum atomic E-state index is -0.0378. The Balaban J connectivity index is 1.70. The zero-order valence-corrected chi connectivity index (χ0v) is 12.4. The van der Waals surface area contributed by atoms with E-state index in [1.807, 2.05) is 18.2 Å². The minimum absolute atomic E-state index is 0.0378. The van der Waals surface area contributed by atoms with E-state index in [0.29, 0.717) is 11.9 Å². The average molecular weight is 288 g/mol. The number of amidine groups is 1. The second kappa shape index (κ2) is 6.45. The van der Waals surface area contributed by atoms with Crippen LogP contribution in [0.4, 0.5) is 0 Å². The van der Waals surface area contributed by atoms with E-state index in [0.717, 1.165) is 31.7 Å². The number of benzene rings is 1. The molecule has 3 N–H and O–H groups in total. The molecule has 5 heteroatoms. The van der Waals surface area contributed by atoms with Gasteiger partial charge in [0.25, 0.3) is 0 Å². The summed E-state index contributed by atoms with van der Waals surface area (Å²) >= 11 is 0. The third-order valence-corrected chi connectivity index (χ3v) is 4.79. The van der Waals surface area contributed by atoms with E-state index in [1.54, 1.807) is 0 Å². The Morgan fingerprint density at radius 3 is 2.86 bits per heavy atom. The smallest absolute Gasteiger partial charge is 0.147 e. The molecule has 0 spiro atoms. The van der Waals surface area contributed by atoms with E-state index >= 15 is 0 Å². The van der Waals surface area contributed by atoms with E-state index in [-0.39, 0.29) is 5.92 Å². The standard InChI is InChI=1S/C16H24N4O/c17-16(18-21)15(13-5-2-1-3-6-13)12-19-9-10-20-8-4-7-14(20)11-19/h1-3,5-6,14-15,21H,4,7-12H2,(H2,17,18). The second-order valence-electron chi connectivity index (χ2n) is 6.08. The molecule has 0 saturated carbocycles. The summed E-state index contributed by atoms with van der Waals surface area (Å²) in [6, 6.07) is 10.8. The van der Waals surface area contributed by atoms with Crippen molar-refractivity contribution in [1.82, 2.24) is 9.80 Å². The first kappa shape index (κ1) is 14.4. The number of piperazine rings is 1. The number of hydrogen-bond donors (Lipinski definition) is 2.